The topological polar surface area (TPSA) is 70.7 Å². The Labute approximate surface area is 175 Å². The standard InChI is InChI=1S/C21H30F3N3O3/c1-14(16-8-6-10-27(13-16)19(29)30-20(2,3)4)25-12-15-7-5-9-17(11-15)26-18(28)21(22,23)24/h5,7,9,11,14,16,25H,6,8,10,12-13H2,1-4H3,(H,26,28). The van der Waals surface area contributed by atoms with Gasteiger partial charge in [0.2, 0.25) is 0 Å². The van der Waals surface area contributed by atoms with Crippen LogP contribution in [0.1, 0.15) is 46.1 Å². The lowest BCUT2D eigenvalue weighted by Gasteiger charge is -2.36. The fourth-order valence-corrected chi connectivity index (χ4v) is 3.32. The lowest BCUT2D eigenvalue weighted by molar-refractivity contribution is -0.167. The number of ether oxygens (including phenoxy) is 1. The SMILES string of the molecule is CC(NCc1cccc(NC(=O)C(F)(F)F)c1)C1CCCN(C(=O)OC(C)(C)C)C1. The van der Waals surface area contributed by atoms with Crippen molar-refractivity contribution in [2.75, 3.05) is 18.4 Å². The molecule has 0 spiro atoms. The van der Waals surface area contributed by atoms with Crippen molar-refractivity contribution >= 4 is 17.7 Å². The Morgan fingerprint density at radius 1 is 1.27 bits per heavy atom. The Balaban J connectivity index is 1.89. The molecule has 6 nitrogen and oxygen atoms in total. The summed E-state index contributed by atoms with van der Waals surface area (Å²) in [6.45, 7) is 9.22. The summed E-state index contributed by atoms with van der Waals surface area (Å²) in [5.41, 5.74) is 0.306. The highest BCUT2D eigenvalue weighted by atomic mass is 19.4. The monoisotopic (exact) mass is 429 g/mol. The largest absolute Gasteiger partial charge is 0.471 e. The summed E-state index contributed by atoms with van der Waals surface area (Å²) in [5.74, 6) is -1.76. The number of amides is 2. The van der Waals surface area contributed by atoms with Crippen LogP contribution in [0.15, 0.2) is 24.3 Å². The molecule has 2 amide bonds. The lowest BCUT2D eigenvalue weighted by atomic mass is 9.91. The van der Waals surface area contributed by atoms with Gasteiger partial charge in [0.05, 0.1) is 0 Å². The van der Waals surface area contributed by atoms with Crippen LogP contribution in [0.2, 0.25) is 0 Å². The van der Waals surface area contributed by atoms with Crippen molar-refractivity contribution in [2.45, 2.75) is 64.9 Å². The number of hydrogen-bond acceptors (Lipinski definition) is 4. The molecule has 1 aliphatic rings. The maximum absolute atomic E-state index is 12.4. The normalized spacial score (nSPS) is 18.6. The van der Waals surface area contributed by atoms with Crippen LogP contribution < -0.4 is 10.6 Å². The van der Waals surface area contributed by atoms with Crippen molar-refractivity contribution in [3.8, 4) is 0 Å². The number of nitrogens with one attached hydrogen (secondary N) is 2. The van der Waals surface area contributed by atoms with Gasteiger partial charge in [0, 0.05) is 31.4 Å². The first kappa shape index (κ1) is 24.0. The zero-order valence-electron chi connectivity index (χ0n) is 17.8. The third kappa shape index (κ3) is 7.51. The summed E-state index contributed by atoms with van der Waals surface area (Å²) in [5, 5.41) is 5.23. The predicted octanol–water partition coefficient (Wildman–Crippen LogP) is 4.31. The molecule has 2 N–H and O–H groups in total. The van der Waals surface area contributed by atoms with Gasteiger partial charge in [0.15, 0.2) is 0 Å². The molecule has 1 aromatic carbocycles. The fourth-order valence-electron chi connectivity index (χ4n) is 3.32. The molecular weight excluding hydrogens is 399 g/mol. The van der Waals surface area contributed by atoms with Gasteiger partial charge >= 0.3 is 18.2 Å². The quantitative estimate of drug-likeness (QED) is 0.732. The van der Waals surface area contributed by atoms with Gasteiger partial charge in [0.1, 0.15) is 5.60 Å². The van der Waals surface area contributed by atoms with Crippen LogP contribution in [0.3, 0.4) is 0 Å². The van der Waals surface area contributed by atoms with E-state index >= 15 is 0 Å². The molecule has 1 aliphatic heterocycles. The van der Waals surface area contributed by atoms with Gasteiger partial charge in [0.25, 0.3) is 0 Å². The Bertz CT molecular complexity index is 747. The second kappa shape index (κ2) is 9.68. The molecule has 1 heterocycles. The summed E-state index contributed by atoms with van der Waals surface area (Å²) < 4.78 is 42.7. The summed E-state index contributed by atoms with van der Waals surface area (Å²) in [6.07, 6.45) is -3.39. The summed E-state index contributed by atoms with van der Waals surface area (Å²) >= 11 is 0. The van der Waals surface area contributed by atoms with Crippen molar-refractivity contribution in [1.82, 2.24) is 10.2 Å². The number of nitrogens with zero attached hydrogens (tertiary/aromatic N) is 1. The first-order chi connectivity index (χ1) is 13.8. The van der Waals surface area contributed by atoms with E-state index < -0.39 is 17.7 Å². The van der Waals surface area contributed by atoms with Gasteiger partial charge < -0.3 is 20.3 Å². The van der Waals surface area contributed by atoms with E-state index in [0.717, 1.165) is 18.4 Å². The summed E-state index contributed by atoms with van der Waals surface area (Å²) in [4.78, 5) is 25.1. The zero-order chi connectivity index (χ0) is 22.5. The van der Waals surface area contributed by atoms with E-state index in [1.807, 2.05) is 33.0 Å². The molecule has 2 unspecified atom stereocenters. The van der Waals surface area contributed by atoms with E-state index in [9.17, 15) is 22.8 Å². The number of carbonyl (C=O) groups excluding carboxylic acids is 2. The highest BCUT2D eigenvalue weighted by Gasteiger charge is 2.38. The number of rotatable bonds is 5. The molecule has 0 radical (unpaired) electrons. The van der Waals surface area contributed by atoms with Crippen LogP contribution in [0.25, 0.3) is 0 Å². The Morgan fingerprint density at radius 2 is 1.97 bits per heavy atom. The molecule has 1 aromatic rings. The predicted molar refractivity (Wildman–Crippen MR) is 108 cm³/mol. The first-order valence-corrected chi connectivity index (χ1v) is 10.0. The Morgan fingerprint density at radius 3 is 2.60 bits per heavy atom. The van der Waals surface area contributed by atoms with E-state index in [2.05, 4.69) is 5.32 Å². The van der Waals surface area contributed by atoms with Gasteiger partial charge in [-0.25, -0.2) is 4.79 Å². The molecule has 1 fully saturated rings. The van der Waals surface area contributed by atoms with Crippen molar-refractivity contribution in [3.63, 3.8) is 0 Å². The molecule has 168 valence electrons. The number of anilines is 1. The third-order valence-electron chi connectivity index (χ3n) is 4.89. The van der Waals surface area contributed by atoms with Crippen molar-refractivity contribution in [3.05, 3.63) is 29.8 Å². The van der Waals surface area contributed by atoms with Crippen LogP contribution in [0.5, 0.6) is 0 Å². The van der Waals surface area contributed by atoms with Crippen LogP contribution in [-0.2, 0) is 16.1 Å². The van der Waals surface area contributed by atoms with E-state index in [1.54, 1.807) is 17.0 Å². The number of alkyl halides is 3. The summed E-state index contributed by atoms with van der Waals surface area (Å²) in [6, 6.07) is 6.38. The number of carbonyl (C=O) groups is 2. The number of hydrogen-bond donors (Lipinski definition) is 2. The van der Waals surface area contributed by atoms with Crippen LogP contribution in [0.4, 0.5) is 23.7 Å². The lowest BCUT2D eigenvalue weighted by Crippen LogP contribution is -2.47. The second-order valence-corrected chi connectivity index (χ2v) is 8.65. The van der Waals surface area contributed by atoms with Crippen LogP contribution in [0, 0.1) is 5.92 Å². The van der Waals surface area contributed by atoms with E-state index in [1.165, 1.54) is 12.1 Å². The minimum atomic E-state index is -4.93. The van der Waals surface area contributed by atoms with E-state index in [4.69, 9.17) is 4.74 Å². The molecule has 0 aliphatic carbocycles. The average molecular weight is 429 g/mol. The molecule has 1 saturated heterocycles. The molecular formula is C21H30F3N3O3. The second-order valence-electron chi connectivity index (χ2n) is 8.65. The highest BCUT2D eigenvalue weighted by Crippen LogP contribution is 2.23. The van der Waals surface area contributed by atoms with Crippen LogP contribution >= 0.6 is 0 Å². The van der Waals surface area contributed by atoms with Crippen molar-refractivity contribution in [1.29, 1.82) is 0 Å². The smallest absolute Gasteiger partial charge is 0.444 e. The van der Waals surface area contributed by atoms with Crippen molar-refractivity contribution < 1.29 is 27.5 Å². The number of likely N-dealkylation sites (tertiary alicyclic amines) is 1. The summed E-state index contributed by atoms with van der Waals surface area (Å²) in [7, 11) is 0. The molecule has 9 heteroatoms. The number of piperidine rings is 1. The highest BCUT2D eigenvalue weighted by molar-refractivity contribution is 5.94. The van der Waals surface area contributed by atoms with Gasteiger partial charge in [-0.05, 0) is 64.2 Å². The average Bonchev–Trinajstić information content (AvgIpc) is 2.64. The van der Waals surface area contributed by atoms with Gasteiger partial charge in [-0.3, -0.25) is 4.79 Å². The third-order valence-corrected chi connectivity index (χ3v) is 4.89. The molecule has 30 heavy (non-hydrogen) atoms. The van der Waals surface area contributed by atoms with Gasteiger partial charge in [-0.15, -0.1) is 0 Å². The minimum Gasteiger partial charge on any atom is -0.444 e. The molecule has 0 bridgehead atoms. The van der Waals surface area contributed by atoms with Gasteiger partial charge in [-0.2, -0.15) is 13.2 Å². The Kier molecular flexibility index (Phi) is 7.74. The molecule has 2 atom stereocenters. The maximum Gasteiger partial charge on any atom is 0.471 e. The Hall–Kier alpha value is -2.29. The zero-order valence-corrected chi connectivity index (χ0v) is 17.8. The molecule has 2 rings (SSSR count). The number of benzene rings is 1. The minimum absolute atomic E-state index is 0.0867. The van der Waals surface area contributed by atoms with E-state index in [0.29, 0.717) is 19.6 Å². The number of halogens is 3. The first-order valence-electron chi connectivity index (χ1n) is 10.0. The maximum atomic E-state index is 12.4. The fraction of sp³-hybridized carbons (Fsp3) is 0.619. The molecule has 0 saturated carbocycles. The van der Waals surface area contributed by atoms with Crippen molar-refractivity contribution in [2.24, 2.45) is 5.92 Å². The van der Waals surface area contributed by atoms with E-state index in [-0.39, 0.29) is 23.7 Å². The van der Waals surface area contributed by atoms with Gasteiger partial charge in [-0.1, -0.05) is 12.1 Å². The molecule has 0 aromatic heterocycles. The van der Waals surface area contributed by atoms with Crippen LogP contribution in [-0.4, -0.2) is 47.8 Å².